The number of nitrogens with two attached hydrogens (primary N) is 1. The van der Waals surface area contributed by atoms with Gasteiger partial charge in [-0.15, -0.1) is 0 Å². The molecular formula is C9H10ClNO3. The highest BCUT2D eigenvalue weighted by atomic mass is 35.5. The Morgan fingerprint density at radius 3 is 2.79 bits per heavy atom. The Bertz CT molecular complexity index is 365. The first kappa shape index (κ1) is 10.7. The minimum Gasteiger partial charge on any atom is -0.492 e. The number of carboxylic acid groups (broad SMARTS) is 1. The van der Waals surface area contributed by atoms with Crippen LogP contribution in [0, 0.1) is 0 Å². The van der Waals surface area contributed by atoms with E-state index in [1.165, 1.54) is 12.1 Å². The molecule has 0 atom stereocenters. The van der Waals surface area contributed by atoms with Crippen LogP contribution in [0.2, 0.25) is 5.02 Å². The monoisotopic (exact) mass is 215 g/mol. The zero-order valence-corrected chi connectivity index (χ0v) is 8.34. The Hall–Kier alpha value is -1.42. The molecule has 0 spiro atoms. The summed E-state index contributed by atoms with van der Waals surface area (Å²) in [4.78, 5) is 10.7. The SMILES string of the molecule is CCOc1cc(C(=O)O)c(N)cc1Cl. The highest BCUT2D eigenvalue weighted by Gasteiger charge is 2.12. The number of nitrogen functional groups attached to an aromatic ring is 1. The van der Waals surface area contributed by atoms with Crippen molar-refractivity contribution in [1.82, 2.24) is 0 Å². The minimum atomic E-state index is -1.10. The van der Waals surface area contributed by atoms with E-state index >= 15 is 0 Å². The van der Waals surface area contributed by atoms with E-state index in [0.717, 1.165) is 0 Å². The summed E-state index contributed by atoms with van der Waals surface area (Å²) >= 11 is 5.79. The minimum absolute atomic E-state index is 0.00199. The summed E-state index contributed by atoms with van der Waals surface area (Å²) < 4.78 is 5.13. The number of carbonyl (C=O) groups is 1. The molecule has 0 bridgehead atoms. The van der Waals surface area contributed by atoms with Crippen molar-refractivity contribution in [2.24, 2.45) is 0 Å². The van der Waals surface area contributed by atoms with Crippen LogP contribution >= 0.6 is 11.6 Å². The van der Waals surface area contributed by atoms with Crippen molar-refractivity contribution in [3.05, 3.63) is 22.7 Å². The summed E-state index contributed by atoms with van der Waals surface area (Å²) in [7, 11) is 0. The number of halogens is 1. The summed E-state index contributed by atoms with van der Waals surface area (Å²) in [6.45, 7) is 2.20. The third-order valence-electron chi connectivity index (χ3n) is 1.63. The number of rotatable bonds is 3. The smallest absolute Gasteiger partial charge is 0.337 e. The molecule has 1 aromatic rings. The Kier molecular flexibility index (Phi) is 3.19. The van der Waals surface area contributed by atoms with Crippen LogP contribution in [0.15, 0.2) is 12.1 Å². The van der Waals surface area contributed by atoms with Crippen LogP contribution in [0.1, 0.15) is 17.3 Å². The number of benzene rings is 1. The molecule has 0 radical (unpaired) electrons. The molecule has 0 saturated carbocycles. The molecule has 14 heavy (non-hydrogen) atoms. The van der Waals surface area contributed by atoms with Crippen molar-refractivity contribution in [3.63, 3.8) is 0 Å². The second-order valence-corrected chi connectivity index (χ2v) is 3.02. The third kappa shape index (κ3) is 2.09. The maximum absolute atomic E-state index is 10.7. The molecule has 0 saturated heterocycles. The fourth-order valence-electron chi connectivity index (χ4n) is 1.02. The van der Waals surface area contributed by atoms with E-state index in [1.807, 2.05) is 0 Å². The van der Waals surface area contributed by atoms with E-state index in [4.69, 9.17) is 27.2 Å². The lowest BCUT2D eigenvalue weighted by Crippen LogP contribution is -2.04. The fourth-order valence-corrected chi connectivity index (χ4v) is 1.25. The van der Waals surface area contributed by atoms with Gasteiger partial charge in [0.1, 0.15) is 5.75 Å². The number of ether oxygens (including phenoxy) is 1. The van der Waals surface area contributed by atoms with Gasteiger partial charge in [0.2, 0.25) is 0 Å². The van der Waals surface area contributed by atoms with Gasteiger partial charge in [0.05, 0.1) is 17.2 Å². The predicted molar refractivity (Wildman–Crippen MR) is 54.0 cm³/mol. The Morgan fingerprint density at radius 2 is 2.29 bits per heavy atom. The van der Waals surface area contributed by atoms with Gasteiger partial charge in [-0.3, -0.25) is 0 Å². The van der Waals surface area contributed by atoms with E-state index < -0.39 is 5.97 Å². The van der Waals surface area contributed by atoms with Crippen molar-refractivity contribution in [3.8, 4) is 5.75 Å². The summed E-state index contributed by atoms with van der Waals surface area (Å²) in [6.07, 6.45) is 0. The first-order chi connectivity index (χ1) is 6.56. The second kappa shape index (κ2) is 4.19. The summed E-state index contributed by atoms with van der Waals surface area (Å²) in [5.41, 5.74) is 5.60. The fraction of sp³-hybridized carbons (Fsp3) is 0.222. The van der Waals surface area contributed by atoms with Crippen molar-refractivity contribution in [2.75, 3.05) is 12.3 Å². The maximum atomic E-state index is 10.7. The number of hydrogen-bond acceptors (Lipinski definition) is 3. The Morgan fingerprint density at radius 1 is 1.64 bits per heavy atom. The van der Waals surface area contributed by atoms with Crippen LogP contribution in [0.4, 0.5) is 5.69 Å². The van der Waals surface area contributed by atoms with Crippen molar-refractivity contribution in [1.29, 1.82) is 0 Å². The van der Waals surface area contributed by atoms with E-state index in [9.17, 15) is 4.79 Å². The van der Waals surface area contributed by atoms with Gasteiger partial charge in [0, 0.05) is 5.69 Å². The van der Waals surface area contributed by atoms with Gasteiger partial charge in [-0.2, -0.15) is 0 Å². The quantitative estimate of drug-likeness (QED) is 0.757. The van der Waals surface area contributed by atoms with Crippen molar-refractivity contribution in [2.45, 2.75) is 6.92 Å². The number of carboxylic acids is 1. The Labute approximate surface area is 86.2 Å². The molecule has 0 aromatic heterocycles. The lowest BCUT2D eigenvalue weighted by molar-refractivity contribution is 0.0697. The lowest BCUT2D eigenvalue weighted by atomic mass is 10.2. The normalized spacial score (nSPS) is 9.86. The maximum Gasteiger partial charge on any atom is 0.337 e. The molecule has 0 unspecified atom stereocenters. The van der Waals surface area contributed by atoms with Crippen LogP contribution in [0.3, 0.4) is 0 Å². The average molecular weight is 216 g/mol. The molecule has 0 aliphatic rings. The average Bonchev–Trinajstić information content (AvgIpc) is 2.09. The lowest BCUT2D eigenvalue weighted by Gasteiger charge is -2.08. The summed E-state index contributed by atoms with van der Waals surface area (Å²) in [5.74, 6) is -0.763. The van der Waals surface area contributed by atoms with Gasteiger partial charge in [0.25, 0.3) is 0 Å². The first-order valence-electron chi connectivity index (χ1n) is 4.01. The molecule has 0 amide bonds. The van der Waals surface area contributed by atoms with Crippen molar-refractivity contribution >= 4 is 23.3 Å². The molecule has 1 rings (SSSR count). The first-order valence-corrected chi connectivity index (χ1v) is 4.39. The van der Waals surface area contributed by atoms with E-state index in [-0.39, 0.29) is 11.3 Å². The predicted octanol–water partition coefficient (Wildman–Crippen LogP) is 2.02. The molecule has 0 fully saturated rings. The second-order valence-electron chi connectivity index (χ2n) is 2.61. The zero-order valence-electron chi connectivity index (χ0n) is 7.58. The molecule has 1 aromatic carbocycles. The molecule has 76 valence electrons. The molecular weight excluding hydrogens is 206 g/mol. The van der Waals surface area contributed by atoms with E-state index in [0.29, 0.717) is 17.4 Å². The number of aromatic carboxylic acids is 1. The molecule has 0 heterocycles. The highest BCUT2D eigenvalue weighted by Crippen LogP contribution is 2.29. The summed E-state index contributed by atoms with van der Waals surface area (Å²) in [5, 5.41) is 9.08. The zero-order chi connectivity index (χ0) is 10.7. The Balaban J connectivity index is 3.20. The van der Waals surface area contributed by atoms with E-state index in [1.54, 1.807) is 6.92 Å². The van der Waals surface area contributed by atoms with Crippen LogP contribution in [-0.4, -0.2) is 17.7 Å². The number of anilines is 1. The van der Waals surface area contributed by atoms with Gasteiger partial charge >= 0.3 is 5.97 Å². The molecule has 5 heteroatoms. The largest absolute Gasteiger partial charge is 0.492 e. The van der Waals surface area contributed by atoms with Gasteiger partial charge in [0.15, 0.2) is 0 Å². The van der Waals surface area contributed by atoms with Gasteiger partial charge in [-0.25, -0.2) is 4.79 Å². The van der Waals surface area contributed by atoms with Crippen LogP contribution in [0.25, 0.3) is 0 Å². The van der Waals surface area contributed by atoms with E-state index in [2.05, 4.69) is 0 Å². The molecule has 0 aliphatic carbocycles. The number of hydrogen-bond donors (Lipinski definition) is 2. The molecule has 4 nitrogen and oxygen atoms in total. The van der Waals surface area contributed by atoms with Gasteiger partial charge in [-0.05, 0) is 19.1 Å². The van der Waals surface area contributed by atoms with Crippen LogP contribution < -0.4 is 10.5 Å². The van der Waals surface area contributed by atoms with Crippen LogP contribution in [-0.2, 0) is 0 Å². The highest BCUT2D eigenvalue weighted by molar-refractivity contribution is 6.32. The topological polar surface area (TPSA) is 72.5 Å². The third-order valence-corrected chi connectivity index (χ3v) is 1.93. The van der Waals surface area contributed by atoms with Gasteiger partial charge in [-0.1, -0.05) is 11.6 Å². The molecule has 3 N–H and O–H groups in total. The van der Waals surface area contributed by atoms with Crippen LogP contribution in [0.5, 0.6) is 5.75 Å². The summed E-state index contributed by atoms with van der Waals surface area (Å²) in [6, 6.07) is 2.69. The van der Waals surface area contributed by atoms with Crippen molar-refractivity contribution < 1.29 is 14.6 Å². The standard InChI is InChI=1S/C9H10ClNO3/c1-2-14-8-3-5(9(12)13)7(11)4-6(8)10/h3-4H,2,11H2,1H3,(H,12,13). The molecule has 0 aliphatic heterocycles. The van der Waals surface area contributed by atoms with Gasteiger partial charge < -0.3 is 15.6 Å².